The van der Waals surface area contributed by atoms with Gasteiger partial charge in [0.05, 0.1) is 18.1 Å². The van der Waals surface area contributed by atoms with E-state index in [0.29, 0.717) is 12.6 Å². The summed E-state index contributed by atoms with van der Waals surface area (Å²) in [6.07, 6.45) is 11.6. The Morgan fingerprint density at radius 2 is 1.94 bits per heavy atom. The zero-order valence-electron chi connectivity index (χ0n) is 18.9. The van der Waals surface area contributed by atoms with E-state index in [1.165, 1.54) is 16.5 Å². The largest absolute Gasteiger partial charge is 0.361 e. The minimum Gasteiger partial charge on any atom is -0.361 e. The minimum atomic E-state index is -1.13. The predicted octanol–water partition coefficient (Wildman–Crippen LogP) is 5.20. The summed E-state index contributed by atoms with van der Waals surface area (Å²) >= 11 is 0. The molecule has 164 valence electrons. The smallest absolute Gasteiger partial charge is 0.142 e. The first-order valence-corrected chi connectivity index (χ1v) is 14.7. The van der Waals surface area contributed by atoms with E-state index >= 15 is 0 Å². The van der Waals surface area contributed by atoms with Crippen molar-refractivity contribution in [3.8, 4) is 11.3 Å². The van der Waals surface area contributed by atoms with E-state index in [9.17, 15) is 0 Å². The Morgan fingerprint density at radius 1 is 1.13 bits per heavy atom. The van der Waals surface area contributed by atoms with Crippen LogP contribution in [0.25, 0.3) is 22.3 Å². The molecule has 0 aliphatic carbocycles. The van der Waals surface area contributed by atoms with Crippen molar-refractivity contribution in [1.29, 1.82) is 0 Å². The molecular formula is C23H32N6OSi. The van der Waals surface area contributed by atoms with E-state index in [4.69, 9.17) is 9.72 Å². The monoisotopic (exact) mass is 436 g/mol. The molecule has 0 bridgehead atoms. The third-order valence-corrected chi connectivity index (χ3v) is 7.50. The lowest BCUT2D eigenvalue weighted by atomic mass is 9.93. The van der Waals surface area contributed by atoms with Gasteiger partial charge >= 0.3 is 0 Å². The van der Waals surface area contributed by atoms with Crippen molar-refractivity contribution in [2.75, 3.05) is 6.61 Å². The molecular weight excluding hydrogens is 404 g/mol. The average Bonchev–Trinajstić information content (AvgIpc) is 3.49. The summed E-state index contributed by atoms with van der Waals surface area (Å²) < 4.78 is 8.29. The van der Waals surface area contributed by atoms with Gasteiger partial charge in [0.15, 0.2) is 0 Å². The van der Waals surface area contributed by atoms with Gasteiger partial charge in [0.2, 0.25) is 0 Å². The molecule has 0 aliphatic heterocycles. The number of fused-ring (bicyclic) bond motifs is 1. The van der Waals surface area contributed by atoms with Crippen LogP contribution in [0.2, 0.25) is 25.7 Å². The van der Waals surface area contributed by atoms with Gasteiger partial charge in [0, 0.05) is 44.2 Å². The van der Waals surface area contributed by atoms with Crippen molar-refractivity contribution in [1.82, 2.24) is 29.9 Å². The number of rotatable bonds is 10. The van der Waals surface area contributed by atoms with Crippen LogP contribution in [0.1, 0.15) is 30.4 Å². The standard InChI is InChI=1S/C23H32N6OSi/c1-17(5-6-18-12-25-26-13-18)20-7-8-24-23-21(20)11-22(19-14-27-28-15-19)29(23)16-30-9-10-31(2,3)4/h7-8,11-15,17H,5-6,9-10,16H2,1-4H3,(H,25,26)(H,27,28). The number of nitrogens with zero attached hydrogens (tertiary/aromatic N) is 4. The molecule has 0 aliphatic rings. The third kappa shape index (κ3) is 5.14. The molecule has 1 atom stereocenters. The fraction of sp³-hybridized carbons (Fsp3) is 0.435. The second-order valence-electron chi connectivity index (χ2n) is 9.48. The molecule has 2 N–H and O–H groups in total. The maximum absolute atomic E-state index is 6.11. The first-order chi connectivity index (χ1) is 14.9. The fourth-order valence-corrected chi connectivity index (χ4v) is 4.60. The zero-order chi connectivity index (χ0) is 21.8. The Hall–Kier alpha value is -2.71. The van der Waals surface area contributed by atoms with Gasteiger partial charge in [-0.05, 0) is 48.1 Å². The van der Waals surface area contributed by atoms with Crippen molar-refractivity contribution in [2.24, 2.45) is 0 Å². The van der Waals surface area contributed by atoms with E-state index in [1.54, 1.807) is 0 Å². The number of H-pyrrole nitrogens is 2. The number of hydrogen-bond acceptors (Lipinski definition) is 4. The Morgan fingerprint density at radius 3 is 2.65 bits per heavy atom. The molecule has 1 unspecified atom stereocenters. The van der Waals surface area contributed by atoms with E-state index < -0.39 is 8.07 Å². The molecule has 4 heterocycles. The van der Waals surface area contributed by atoms with Crippen molar-refractivity contribution < 1.29 is 4.74 Å². The molecule has 0 saturated carbocycles. The van der Waals surface area contributed by atoms with E-state index in [0.717, 1.165) is 42.4 Å². The Labute approximate surface area is 184 Å². The van der Waals surface area contributed by atoms with Crippen LogP contribution in [0, 0.1) is 0 Å². The predicted molar refractivity (Wildman–Crippen MR) is 127 cm³/mol. The van der Waals surface area contributed by atoms with Crippen LogP contribution in [-0.4, -0.2) is 44.6 Å². The molecule has 31 heavy (non-hydrogen) atoms. The number of hydrogen-bond donors (Lipinski definition) is 2. The normalized spacial score (nSPS) is 13.2. The van der Waals surface area contributed by atoms with Crippen LogP contribution < -0.4 is 0 Å². The highest BCUT2D eigenvalue weighted by molar-refractivity contribution is 6.76. The zero-order valence-corrected chi connectivity index (χ0v) is 19.9. The van der Waals surface area contributed by atoms with Crippen LogP contribution >= 0.6 is 0 Å². The molecule has 0 fully saturated rings. The molecule has 4 aromatic rings. The van der Waals surface area contributed by atoms with Gasteiger partial charge in [0.25, 0.3) is 0 Å². The van der Waals surface area contributed by atoms with E-state index in [1.807, 2.05) is 31.0 Å². The number of aromatic amines is 2. The summed E-state index contributed by atoms with van der Waals surface area (Å²) in [5, 5.41) is 15.2. The van der Waals surface area contributed by atoms with Crippen LogP contribution in [0.5, 0.6) is 0 Å². The highest BCUT2D eigenvalue weighted by Crippen LogP contribution is 2.33. The number of aromatic nitrogens is 6. The van der Waals surface area contributed by atoms with Gasteiger partial charge in [-0.3, -0.25) is 10.2 Å². The fourth-order valence-electron chi connectivity index (χ4n) is 3.85. The second-order valence-corrected chi connectivity index (χ2v) is 15.1. The lowest BCUT2D eigenvalue weighted by Gasteiger charge is -2.16. The van der Waals surface area contributed by atoms with Crippen molar-refractivity contribution in [3.63, 3.8) is 0 Å². The van der Waals surface area contributed by atoms with Gasteiger partial charge in [-0.25, -0.2) is 4.98 Å². The molecule has 8 heteroatoms. The molecule has 0 spiro atoms. The second kappa shape index (κ2) is 9.19. The lowest BCUT2D eigenvalue weighted by Crippen LogP contribution is -2.22. The summed E-state index contributed by atoms with van der Waals surface area (Å²) in [6.45, 7) is 10.7. The maximum atomic E-state index is 6.11. The Bertz CT molecular complexity index is 1100. The Balaban J connectivity index is 1.62. The molecule has 4 rings (SSSR count). The molecule has 0 aromatic carbocycles. The topological polar surface area (TPSA) is 84.4 Å². The SMILES string of the molecule is CC(CCc1cn[nH]c1)c1ccnc2c1cc(-c1cn[nH]c1)n2COCC[Si](C)(C)C. The van der Waals surface area contributed by atoms with Gasteiger partial charge in [-0.15, -0.1) is 0 Å². The molecule has 7 nitrogen and oxygen atoms in total. The average molecular weight is 437 g/mol. The maximum Gasteiger partial charge on any atom is 0.142 e. The number of aryl methyl sites for hydroxylation is 1. The van der Waals surface area contributed by atoms with E-state index in [-0.39, 0.29) is 0 Å². The molecule has 0 radical (unpaired) electrons. The van der Waals surface area contributed by atoms with Crippen molar-refractivity contribution in [3.05, 3.63) is 54.2 Å². The molecule has 0 saturated heterocycles. The van der Waals surface area contributed by atoms with Gasteiger partial charge < -0.3 is 9.30 Å². The number of nitrogens with one attached hydrogen (secondary N) is 2. The van der Waals surface area contributed by atoms with Gasteiger partial charge in [0.1, 0.15) is 12.4 Å². The summed E-state index contributed by atoms with van der Waals surface area (Å²) in [5.41, 5.74) is 5.66. The summed E-state index contributed by atoms with van der Waals surface area (Å²) in [5.74, 6) is 0.404. The quantitative estimate of drug-likeness (QED) is 0.264. The summed E-state index contributed by atoms with van der Waals surface area (Å²) in [7, 11) is -1.13. The van der Waals surface area contributed by atoms with Gasteiger partial charge in [-0.2, -0.15) is 10.2 Å². The van der Waals surface area contributed by atoms with E-state index in [2.05, 4.69) is 63.7 Å². The summed E-state index contributed by atoms with van der Waals surface area (Å²) in [6, 6.07) is 5.54. The Kier molecular flexibility index (Phi) is 6.38. The number of pyridine rings is 1. The van der Waals surface area contributed by atoms with Gasteiger partial charge in [-0.1, -0.05) is 26.6 Å². The summed E-state index contributed by atoms with van der Waals surface area (Å²) in [4.78, 5) is 4.74. The highest BCUT2D eigenvalue weighted by Gasteiger charge is 2.19. The molecule has 0 amide bonds. The first kappa shape index (κ1) is 21.5. The first-order valence-electron chi connectivity index (χ1n) is 10.9. The third-order valence-electron chi connectivity index (χ3n) is 5.79. The van der Waals surface area contributed by atoms with Crippen molar-refractivity contribution in [2.45, 2.75) is 58.1 Å². The molecule has 4 aromatic heterocycles. The van der Waals surface area contributed by atoms with Crippen molar-refractivity contribution >= 4 is 19.1 Å². The van der Waals surface area contributed by atoms with Crippen LogP contribution in [0.4, 0.5) is 0 Å². The van der Waals surface area contributed by atoms with Crippen LogP contribution in [0.3, 0.4) is 0 Å². The van der Waals surface area contributed by atoms with Crippen LogP contribution in [-0.2, 0) is 17.9 Å². The lowest BCUT2D eigenvalue weighted by molar-refractivity contribution is 0.0909. The minimum absolute atomic E-state index is 0.404. The highest BCUT2D eigenvalue weighted by atomic mass is 28.3. The number of ether oxygens (including phenoxy) is 1. The van der Waals surface area contributed by atoms with Crippen LogP contribution in [0.15, 0.2) is 43.1 Å².